The van der Waals surface area contributed by atoms with Crippen molar-refractivity contribution in [1.82, 2.24) is 9.13 Å². The van der Waals surface area contributed by atoms with Gasteiger partial charge >= 0.3 is 301 Å². The molecule has 2 aromatic heterocycles. The van der Waals surface area contributed by atoms with Crippen LogP contribution in [0.5, 0.6) is 0 Å². The Hall–Kier alpha value is -6.10. The summed E-state index contributed by atoms with van der Waals surface area (Å²) in [5, 5.41) is 5.06. The first-order chi connectivity index (χ1) is 25.3. The van der Waals surface area contributed by atoms with E-state index >= 15 is 0 Å². The first-order valence-electron chi connectivity index (χ1n) is 17.6. The van der Waals surface area contributed by atoms with Gasteiger partial charge in [0.25, 0.3) is 0 Å². The van der Waals surface area contributed by atoms with Gasteiger partial charge in [0.15, 0.2) is 0 Å². The summed E-state index contributed by atoms with van der Waals surface area (Å²) in [4.78, 5) is 0. The van der Waals surface area contributed by atoms with Crippen molar-refractivity contribution in [3.8, 4) is 11.4 Å². The normalized spacial score (nSPS) is 11.9. The van der Waals surface area contributed by atoms with Gasteiger partial charge < -0.3 is 0 Å². The number of rotatable bonds is 6. The van der Waals surface area contributed by atoms with Crippen LogP contribution in [-0.2, 0) is 0 Å². The molecule has 2 nitrogen and oxygen atoms in total. The predicted molar refractivity (Wildman–Crippen MR) is 219 cm³/mol. The fraction of sp³-hybridized carbons (Fsp3) is 0. The van der Waals surface area contributed by atoms with E-state index in [1.165, 1.54) is 72.6 Å². The van der Waals surface area contributed by atoms with Crippen LogP contribution in [0.15, 0.2) is 206 Å². The molecule has 0 bridgehead atoms. The molecule has 3 heteroatoms. The minimum absolute atomic E-state index is 1.17. The van der Waals surface area contributed by atoms with Crippen molar-refractivity contribution in [2.45, 2.75) is 0 Å². The maximum atomic E-state index is 2.50. The van der Waals surface area contributed by atoms with E-state index in [4.69, 9.17) is 0 Å². The number of hydrogen-bond acceptors (Lipinski definition) is 0. The van der Waals surface area contributed by atoms with Gasteiger partial charge in [-0.15, -0.1) is 0 Å². The molecule has 240 valence electrons. The van der Waals surface area contributed by atoms with Crippen LogP contribution < -0.4 is 17.6 Å². The molecule has 0 aliphatic carbocycles. The molecular formula is C48H34GeN2. The van der Waals surface area contributed by atoms with Gasteiger partial charge in [-0.25, -0.2) is 0 Å². The first kappa shape index (κ1) is 29.8. The third-order valence-corrected chi connectivity index (χ3v) is 20.7. The standard InChI is InChI=1S/C48H34GeN2/c1-5-18-35(19-6-1)49(36-20-7-2-8-21-36,37-22-9-3-10-23-37)38-24-17-27-40(34-38)50-45-31-16-14-29-43(45)47-46(50)33-32-42-41-28-13-15-30-44(41)51(48(42)47)39-25-11-4-12-26-39/h1-34H. The Labute approximate surface area is 299 Å². The van der Waals surface area contributed by atoms with Gasteiger partial charge in [0.1, 0.15) is 0 Å². The molecule has 0 fully saturated rings. The second-order valence-electron chi connectivity index (χ2n) is 13.3. The zero-order valence-corrected chi connectivity index (χ0v) is 30.1. The van der Waals surface area contributed by atoms with Crippen molar-refractivity contribution < 1.29 is 0 Å². The quantitative estimate of drug-likeness (QED) is 0.152. The molecule has 10 aromatic rings. The SMILES string of the molecule is c1ccc(-n2c3ccccc3c3ccc4c(c5ccccc5n4-c4ccc[c]([Ge]([c]5ccccc5)([c]5ccccc5)[c]5ccccc5)c4)c32)cc1. The number of benzene rings is 8. The minimum atomic E-state index is -3.48. The van der Waals surface area contributed by atoms with Gasteiger partial charge in [-0.1, -0.05) is 0 Å². The summed E-state index contributed by atoms with van der Waals surface area (Å²) in [6.45, 7) is 0. The van der Waals surface area contributed by atoms with Gasteiger partial charge in [-0.2, -0.15) is 0 Å². The molecule has 2 heterocycles. The molecule has 10 rings (SSSR count). The van der Waals surface area contributed by atoms with E-state index in [-0.39, 0.29) is 0 Å². The molecule has 51 heavy (non-hydrogen) atoms. The molecule has 0 saturated heterocycles. The Bertz CT molecular complexity index is 2740. The number of para-hydroxylation sites is 3. The van der Waals surface area contributed by atoms with E-state index < -0.39 is 13.3 Å². The summed E-state index contributed by atoms with van der Waals surface area (Å²) in [5.74, 6) is 0. The van der Waals surface area contributed by atoms with Crippen LogP contribution in [0, 0.1) is 0 Å². The molecule has 0 aliphatic heterocycles. The third-order valence-electron chi connectivity index (χ3n) is 10.6. The molecular weight excluding hydrogens is 677 g/mol. The third kappa shape index (κ3) is 4.50. The van der Waals surface area contributed by atoms with Crippen molar-refractivity contribution in [2.75, 3.05) is 0 Å². The monoisotopic (exact) mass is 712 g/mol. The van der Waals surface area contributed by atoms with Crippen LogP contribution in [0.2, 0.25) is 0 Å². The first-order valence-corrected chi connectivity index (χ1v) is 21.8. The van der Waals surface area contributed by atoms with Gasteiger partial charge in [0.2, 0.25) is 0 Å². The maximum absolute atomic E-state index is 3.48. The van der Waals surface area contributed by atoms with Crippen LogP contribution in [0.3, 0.4) is 0 Å². The Balaban J connectivity index is 1.31. The van der Waals surface area contributed by atoms with E-state index in [1.807, 2.05) is 0 Å². The van der Waals surface area contributed by atoms with E-state index in [9.17, 15) is 0 Å². The summed E-state index contributed by atoms with van der Waals surface area (Å²) < 4.78 is 10.6. The van der Waals surface area contributed by atoms with E-state index in [2.05, 4.69) is 215 Å². The average Bonchev–Trinajstić information content (AvgIpc) is 3.73. The Morgan fingerprint density at radius 3 is 1.37 bits per heavy atom. The molecule has 0 amide bonds. The van der Waals surface area contributed by atoms with Crippen molar-refractivity contribution in [2.24, 2.45) is 0 Å². The van der Waals surface area contributed by atoms with Crippen LogP contribution in [0.4, 0.5) is 0 Å². The Morgan fingerprint density at radius 2 is 0.765 bits per heavy atom. The Morgan fingerprint density at radius 1 is 0.294 bits per heavy atom. The van der Waals surface area contributed by atoms with E-state index in [1.54, 1.807) is 0 Å². The summed E-state index contributed by atoms with van der Waals surface area (Å²) in [6, 6.07) is 76.4. The molecule has 0 aliphatic rings. The second-order valence-corrected chi connectivity index (χ2v) is 21.3. The van der Waals surface area contributed by atoms with Gasteiger partial charge in [0, 0.05) is 0 Å². The van der Waals surface area contributed by atoms with Crippen LogP contribution >= 0.6 is 0 Å². The zero-order chi connectivity index (χ0) is 33.8. The molecule has 0 unspecified atom stereocenters. The van der Waals surface area contributed by atoms with Crippen LogP contribution in [-0.4, -0.2) is 22.4 Å². The van der Waals surface area contributed by atoms with Gasteiger partial charge in [-0.3, -0.25) is 0 Å². The summed E-state index contributed by atoms with van der Waals surface area (Å²) in [7, 11) is 0. The van der Waals surface area contributed by atoms with E-state index in [0.717, 1.165) is 0 Å². The van der Waals surface area contributed by atoms with Crippen molar-refractivity contribution in [3.05, 3.63) is 206 Å². The number of fused-ring (bicyclic) bond motifs is 7. The van der Waals surface area contributed by atoms with Crippen molar-refractivity contribution in [1.29, 1.82) is 0 Å². The molecule has 8 aromatic carbocycles. The second kappa shape index (κ2) is 12.0. The fourth-order valence-corrected chi connectivity index (χ4v) is 18.6. The zero-order valence-electron chi connectivity index (χ0n) is 28.0. The van der Waals surface area contributed by atoms with Gasteiger partial charge in [0.05, 0.1) is 0 Å². The molecule has 0 spiro atoms. The molecule has 0 radical (unpaired) electrons. The topological polar surface area (TPSA) is 9.86 Å². The number of hydrogen-bond donors (Lipinski definition) is 0. The summed E-state index contributed by atoms with van der Waals surface area (Å²) in [5.41, 5.74) is 7.23. The Kier molecular flexibility index (Phi) is 7.04. The molecule has 0 N–H and O–H groups in total. The summed E-state index contributed by atoms with van der Waals surface area (Å²) in [6.07, 6.45) is 0. The van der Waals surface area contributed by atoms with Crippen LogP contribution in [0.1, 0.15) is 0 Å². The molecule has 0 saturated carbocycles. The molecule has 0 atom stereocenters. The van der Waals surface area contributed by atoms with Crippen molar-refractivity contribution in [3.63, 3.8) is 0 Å². The average molecular weight is 711 g/mol. The van der Waals surface area contributed by atoms with Crippen molar-refractivity contribution >= 4 is 74.5 Å². The van der Waals surface area contributed by atoms with Crippen LogP contribution in [0.25, 0.3) is 55.0 Å². The number of nitrogens with zero attached hydrogens (tertiary/aromatic N) is 2. The van der Waals surface area contributed by atoms with Gasteiger partial charge in [-0.05, 0) is 0 Å². The fourth-order valence-electron chi connectivity index (χ4n) is 8.57. The number of aromatic nitrogens is 2. The van der Waals surface area contributed by atoms with E-state index in [0.29, 0.717) is 0 Å². The summed E-state index contributed by atoms with van der Waals surface area (Å²) >= 11 is -3.48. The predicted octanol–water partition coefficient (Wildman–Crippen LogP) is 9.26.